The molecule has 1 heterocycles. The Balaban J connectivity index is 1.63. The summed E-state index contributed by atoms with van der Waals surface area (Å²) in [6, 6.07) is 5.59. The van der Waals surface area contributed by atoms with E-state index in [1.54, 1.807) is 4.90 Å². The fraction of sp³-hybridized carbons (Fsp3) is 0.579. The number of nitrogens with two attached hydrogens (primary N) is 1. The number of nitrogens with zero attached hydrogens (tertiary/aromatic N) is 2. The summed E-state index contributed by atoms with van der Waals surface area (Å²) >= 11 is 0. The molecular formula is C19H26FN3O2. The van der Waals surface area contributed by atoms with Crippen molar-refractivity contribution in [2.24, 2.45) is 5.73 Å². The van der Waals surface area contributed by atoms with E-state index in [2.05, 4.69) is 0 Å². The van der Waals surface area contributed by atoms with Gasteiger partial charge < -0.3 is 15.5 Å². The zero-order chi connectivity index (χ0) is 17.9. The Bertz CT molecular complexity index is 626. The van der Waals surface area contributed by atoms with E-state index in [1.807, 2.05) is 4.90 Å². The molecule has 0 unspecified atom stereocenters. The molecule has 1 saturated carbocycles. The predicted octanol–water partition coefficient (Wildman–Crippen LogP) is 2.16. The zero-order valence-corrected chi connectivity index (χ0v) is 14.5. The molecule has 0 radical (unpaired) electrons. The number of halogens is 1. The molecule has 25 heavy (non-hydrogen) atoms. The Morgan fingerprint density at radius 2 is 1.48 bits per heavy atom. The van der Waals surface area contributed by atoms with Gasteiger partial charge in [0.2, 0.25) is 5.91 Å². The van der Waals surface area contributed by atoms with E-state index >= 15 is 0 Å². The second-order valence-electron chi connectivity index (χ2n) is 7.16. The Labute approximate surface area is 148 Å². The first-order valence-corrected chi connectivity index (χ1v) is 9.13. The molecule has 6 heteroatoms. The predicted molar refractivity (Wildman–Crippen MR) is 93.5 cm³/mol. The maximum atomic E-state index is 13.0. The van der Waals surface area contributed by atoms with Crippen molar-refractivity contribution in [1.29, 1.82) is 0 Å². The van der Waals surface area contributed by atoms with Crippen molar-refractivity contribution in [3.63, 3.8) is 0 Å². The van der Waals surface area contributed by atoms with E-state index in [4.69, 9.17) is 5.73 Å². The molecule has 136 valence electrons. The van der Waals surface area contributed by atoms with Gasteiger partial charge in [-0.1, -0.05) is 19.3 Å². The minimum Gasteiger partial charge on any atom is -0.339 e. The van der Waals surface area contributed by atoms with E-state index in [0.717, 1.165) is 38.5 Å². The van der Waals surface area contributed by atoms with Gasteiger partial charge in [-0.25, -0.2) is 4.39 Å². The van der Waals surface area contributed by atoms with Crippen molar-refractivity contribution in [3.8, 4) is 0 Å². The molecule has 1 saturated heterocycles. The number of amides is 2. The molecule has 2 aliphatic rings. The van der Waals surface area contributed by atoms with E-state index in [1.165, 1.54) is 24.3 Å². The third kappa shape index (κ3) is 4.00. The molecule has 1 aromatic carbocycles. The van der Waals surface area contributed by atoms with Gasteiger partial charge in [-0.15, -0.1) is 0 Å². The number of hydrogen-bond donors (Lipinski definition) is 1. The summed E-state index contributed by atoms with van der Waals surface area (Å²) in [5, 5.41) is 0. The molecule has 1 aliphatic carbocycles. The number of rotatable bonds is 2. The summed E-state index contributed by atoms with van der Waals surface area (Å²) in [5.74, 6) is -0.442. The fourth-order valence-corrected chi connectivity index (χ4v) is 3.81. The average molecular weight is 347 g/mol. The maximum Gasteiger partial charge on any atom is 0.253 e. The first-order chi connectivity index (χ1) is 12.0. The second kappa shape index (κ2) is 7.52. The highest BCUT2D eigenvalue weighted by Gasteiger charge is 2.38. The minimum atomic E-state index is -0.728. The smallest absolute Gasteiger partial charge is 0.253 e. The highest BCUT2D eigenvalue weighted by atomic mass is 19.1. The van der Waals surface area contributed by atoms with Crippen molar-refractivity contribution in [2.45, 2.75) is 44.1 Å². The largest absolute Gasteiger partial charge is 0.339 e. The van der Waals surface area contributed by atoms with Crippen LogP contribution in [0.4, 0.5) is 4.39 Å². The van der Waals surface area contributed by atoms with Gasteiger partial charge in [0.15, 0.2) is 0 Å². The number of benzene rings is 1. The monoisotopic (exact) mass is 347 g/mol. The second-order valence-corrected chi connectivity index (χ2v) is 7.16. The van der Waals surface area contributed by atoms with E-state index in [-0.39, 0.29) is 17.6 Å². The summed E-state index contributed by atoms with van der Waals surface area (Å²) in [6.45, 7) is 2.21. The minimum absolute atomic E-state index is 0.0308. The van der Waals surface area contributed by atoms with Crippen LogP contribution in [0.3, 0.4) is 0 Å². The van der Waals surface area contributed by atoms with Gasteiger partial charge in [-0.2, -0.15) is 0 Å². The van der Waals surface area contributed by atoms with Crippen LogP contribution in [0.2, 0.25) is 0 Å². The standard InChI is InChI=1S/C19H26FN3O2/c20-16-7-5-15(6-8-16)17(24)22-11-4-12-23(14-13-22)18(25)19(21)9-2-1-3-10-19/h5-8H,1-4,9-14,21H2. The molecular weight excluding hydrogens is 321 g/mol. The van der Waals surface area contributed by atoms with Gasteiger partial charge in [-0.05, 0) is 43.5 Å². The molecule has 0 bridgehead atoms. The van der Waals surface area contributed by atoms with E-state index in [0.29, 0.717) is 31.7 Å². The van der Waals surface area contributed by atoms with Crippen LogP contribution in [-0.2, 0) is 4.79 Å². The molecule has 2 amide bonds. The molecule has 1 aromatic rings. The van der Waals surface area contributed by atoms with Gasteiger partial charge >= 0.3 is 0 Å². The van der Waals surface area contributed by atoms with Crippen LogP contribution in [0, 0.1) is 5.82 Å². The summed E-state index contributed by atoms with van der Waals surface area (Å²) < 4.78 is 13.0. The topological polar surface area (TPSA) is 66.6 Å². The van der Waals surface area contributed by atoms with Crippen LogP contribution in [0.25, 0.3) is 0 Å². The Morgan fingerprint density at radius 3 is 2.16 bits per heavy atom. The van der Waals surface area contributed by atoms with Crippen molar-refractivity contribution in [2.75, 3.05) is 26.2 Å². The van der Waals surface area contributed by atoms with Crippen LogP contribution >= 0.6 is 0 Å². The summed E-state index contributed by atoms with van der Waals surface area (Å²) in [5.41, 5.74) is 6.12. The van der Waals surface area contributed by atoms with Crippen molar-refractivity contribution in [3.05, 3.63) is 35.6 Å². The molecule has 0 spiro atoms. The molecule has 0 aromatic heterocycles. The van der Waals surface area contributed by atoms with Gasteiger partial charge in [0, 0.05) is 31.7 Å². The zero-order valence-electron chi connectivity index (χ0n) is 14.5. The summed E-state index contributed by atoms with van der Waals surface area (Å²) in [7, 11) is 0. The van der Waals surface area contributed by atoms with Gasteiger partial charge in [-0.3, -0.25) is 9.59 Å². The number of hydrogen-bond acceptors (Lipinski definition) is 3. The summed E-state index contributed by atoms with van der Waals surface area (Å²) in [6.07, 6.45) is 5.39. The maximum absolute atomic E-state index is 13.0. The van der Waals surface area contributed by atoms with E-state index in [9.17, 15) is 14.0 Å². The Morgan fingerprint density at radius 1 is 0.880 bits per heavy atom. The van der Waals surface area contributed by atoms with Crippen molar-refractivity contribution >= 4 is 11.8 Å². The summed E-state index contributed by atoms with van der Waals surface area (Å²) in [4.78, 5) is 29.0. The first-order valence-electron chi connectivity index (χ1n) is 9.13. The third-order valence-electron chi connectivity index (χ3n) is 5.33. The number of carbonyl (C=O) groups excluding carboxylic acids is 2. The van der Waals surface area contributed by atoms with Crippen molar-refractivity contribution < 1.29 is 14.0 Å². The first kappa shape index (κ1) is 17.9. The van der Waals surface area contributed by atoms with Crippen LogP contribution in [0.15, 0.2) is 24.3 Å². The molecule has 0 atom stereocenters. The molecule has 1 aliphatic heterocycles. The normalized spacial score (nSPS) is 20.9. The van der Waals surface area contributed by atoms with Gasteiger partial charge in [0.05, 0.1) is 5.54 Å². The highest BCUT2D eigenvalue weighted by Crippen LogP contribution is 2.28. The van der Waals surface area contributed by atoms with Crippen LogP contribution in [-0.4, -0.2) is 53.3 Å². The van der Waals surface area contributed by atoms with Crippen LogP contribution in [0.5, 0.6) is 0 Å². The third-order valence-corrected chi connectivity index (χ3v) is 5.33. The molecule has 5 nitrogen and oxygen atoms in total. The average Bonchev–Trinajstić information content (AvgIpc) is 2.88. The van der Waals surface area contributed by atoms with Crippen molar-refractivity contribution in [1.82, 2.24) is 9.80 Å². The van der Waals surface area contributed by atoms with Gasteiger partial charge in [0.25, 0.3) is 5.91 Å². The Kier molecular flexibility index (Phi) is 5.37. The lowest BCUT2D eigenvalue weighted by Crippen LogP contribution is -2.56. The van der Waals surface area contributed by atoms with E-state index < -0.39 is 5.54 Å². The SMILES string of the molecule is NC1(C(=O)N2CCCN(C(=O)c3ccc(F)cc3)CC2)CCCCC1. The quantitative estimate of drug-likeness (QED) is 0.891. The lowest BCUT2D eigenvalue weighted by molar-refractivity contribution is -0.138. The fourth-order valence-electron chi connectivity index (χ4n) is 3.81. The Hall–Kier alpha value is -1.95. The molecule has 2 fully saturated rings. The molecule has 2 N–H and O–H groups in total. The van der Waals surface area contributed by atoms with Crippen LogP contribution in [0.1, 0.15) is 48.9 Å². The molecule has 3 rings (SSSR count). The number of carbonyl (C=O) groups is 2. The van der Waals surface area contributed by atoms with Gasteiger partial charge in [0.1, 0.15) is 5.82 Å². The van der Waals surface area contributed by atoms with Crippen LogP contribution < -0.4 is 5.73 Å². The lowest BCUT2D eigenvalue weighted by Gasteiger charge is -2.36. The highest BCUT2D eigenvalue weighted by molar-refractivity contribution is 5.94. The lowest BCUT2D eigenvalue weighted by atomic mass is 9.81.